The van der Waals surface area contributed by atoms with Crippen molar-refractivity contribution >= 4 is 17.7 Å². The number of carbonyl (C=O) groups is 1. The Hall–Kier alpha value is -0.960. The van der Waals surface area contributed by atoms with E-state index in [0.717, 1.165) is 29.8 Å². The molecule has 2 nitrogen and oxygen atoms in total. The lowest BCUT2D eigenvalue weighted by Gasteiger charge is -2.34. The van der Waals surface area contributed by atoms with Crippen molar-refractivity contribution in [2.75, 3.05) is 6.54 Å². The molecule has 2 rings (SSSR count). The summed E-state index contributed by atoms with van der Waals surface area (Å²) >= 11 is 1.77. The highest BCUT2D eigenvalue weighted by Gasteiger charge is 2.25. The van der Waals surface area contributed by atoms with Gasteiger partial charge in [0.2, 0.25) is 0 Å². The molecule has 1 atom stereocenters. The summed E-state index contributed by atoms with van der Waals surface area (Å²) in [6.07, 6.45) is 3.51. The van der Waals surface area contributed by atoms with E-state index in [1.165, 1.54) is 6.42 Å². The number of benzene rings is 1. The van der Waals surface area contributed by atoms with Crippen molar-refractivity contribution in [1.29, 1.82) is 0 Å². The van der Waals surface area contributed by atoms with Crippen LogP contribution in [0.1, 0.15) is 50.4 Å². The van der Waals surface area contributed by atoms with Gasteiger partial charge in [-0.2, -0.15) is 0 Å². The fourth-order valence-electron chi connectivity index (χ4n) is 2.55. The van der Waals surface area contributed by atoms with Crippen molar-refractivity contribution in [3.05, 3.63) is 29.8 Å². The molecule has 1 unspecified atom stereocenters. The van der Waals surface area contributed by atoms with Crippen molar-refractivity contribution in [3.63, 3.8) is 0 Å². The molecule has 1 heterocycles. The third-order valence-corrected chi connectivity index (χ3v) is 4.63. The molecule has 1 amide bonds. The third-order valence-electron chi connectivity index (χ3n) is 3.54. The van der Waals surface area contributed by atoms with Gasteiger partial charge in [-0.25, -0.2) is 0 Å². The summed E-state index contributed by atoms with van der Waals surface area (Å²) in [7, 11) is 0. The first kappa shape index (κ1) is 14.4. The third kappa shape index (κ3) is 3.53. The highest BCUT2D eigenvalue weighted by molar-refractivity contribution is 8.00. The molecule has 3 heteroatoms. The zero-order valence-corrected chi connectivity index (χ0v) is 12.9. The van der Waals surface area contributed by atoms with Gasteiger partial charge in [-0.3, -0.25) is 4.79 Å². The fraction of sp³-hybridized carbons (Fsp3) is 0.562. The Bertz CT molecular complexity index is 444. The Morgan fingerprint density at radius 1 is 1.32 bits per heavy atom. The van der Waals surface area contributed by atoms with Crippen LogP contribution in [0.2, 0.25) is 0 Å². The Balaban J connectivity index is 2.22. The number of hydrogen-bond donors (Lipinski definition) is 0. The molecule has 1 aliphatic heterocycles. The van der Waals surface area contributed by atoms with E-state index in [4.69, 9.17) is 0 Å². The number of piperidine rings is 1. The predicted octanol–water partition coefficient (Wildman–Crippen LogP) is 4.20. The molecule has 0 saturated carbocycles. The van der Waals surface area contributed by atoms with Gasteiger partial charge in [-0.1, -0.05) is 26.0 Å². The molecule has 1 aliphatic rings. The van der Waals surface area contributed by atoms with Crippen LogP contribution in [-0.2, 0) is 0 Å². The van der Waals surface area contributed by atoms with E-state index in [1.807, 2.05) is 23.1 Å². The molecule has 1 saturated heterocycles. The molecule has 19 heavy (non-hydrogen) atoms. The van der Waals surface area contributed by atoms with Crippen molar-refractivity contribution in [3.8, 4) is 0 Å². The number of carbonyl (C=O) groups excluding carboxylic acids is 1. The van der Waals surface area contributed by atoms with Gasteiger partial charge in [-0.15, -0.1) is 11.8 Å². The predicted molar refractivity (Wildman–Crippen MR) is 81.8 cm³/mol. The Morgan fingerprint density at radius 3 is 2.74 bits per heavy atom. The zero-order chi connectivity index (χ0) is 13.8. The van der Waals surface area contributed by atoms with Gasteiger partial charge >= 0.3 is 0 Å². The van der Waals surface area contributed by atoms with Crippen molar-refractivity contribution in [2.45, 2.75) is 56.2 Å². The molecule has 1 aromatic rings. The number of hydrogen-bond acceptors (Lipinski definition) is 2. The summed E-state index contributed by atoms with van der Waals surface area (Å²) in [5.41, 5.74) is 0.870. The van der Waals surface area contributed by atoms with Gasteiger partial charge < -0.3 is 4.90 Å². The molecular formula is C16H23NOS. The largest absolute Gasteiger partial charge is 0.336 e. The van der Waals surface area contributed by atoms with Gasteiger partial charge in [0.1, 0.15) is 0 Å². The number of likely N-dealkylation sites (tertiary alicyclic amines) is 1. The van der Waals surface area contributed by atoms with Crippen LogP contribution < -0.4 is 0 Å². The second-order valence-electron chi connectivity index (χ2n) is 5.51. The molecular weight excluding hydrogens is 254 g/mol. The van der Waals surface area contributed by atoms with Crippen LogP contribution in [-0.4, -0.2) is 28.6 Å². The number of thioether (sulfide) groups is 1. The van der Waals surface area contributed by atoms with E-state index in [1.54, 1.807) is 11.8 Å². The van der Waals surface area contributed by atoms with E-state index in [2.05, 4.69) is 26.8 Å². The molecule has 0 aromatic heterocycles. The minimum absolute atomic E-state index is 0.205. The maximum Gasteiger partial charge on any atom is 0.255 e. The van der Waals surface area contributed by atoms with Crippen molar-refractivity contribution in [1.82, 2.24) is 4.90 Å². The van der Waals surface area contributed by atoms with Crippen molar-refractivity contribution in [2.24, 2.45) is 0 Å². The molecule has 0 bridgehead atoms. The summed E-state index contributed by atoms with van der Waals surface area (Å²) in [6, 6.07) is 8.38. The van der Waals surface area contributed by atoms with E-state index in [9.17, 15) is 4.79 Å². The Morgan fingerprint density at radius 2 is 2.05 bits per heavy atom. The number of nitrogens with zero attached hydrogens (tertiary/aromatic N) is 1. The summed E-state index contributed by atoms with van der Waals surface area (Å²) in [5.74, 6) is 0.205. The van der Waals surface area contributed by atoms with Gasteiger partial charge in [0, 0.05) is 22.7 Å². The lowest BCUT2D eigenvalue weighted by atomic mass is 10.0. The Labute approximate surface area is 120 Å². The van der Waals surface area contributed by atoms with Gasteiger partial charge in [-0.05, 0) is 38.3 Å². The molecule has 0 spiro atoms. The van der Waals surface area contributed by atoms with Gasteiger partial charge in [0.25, 0.3) is 5.91 Å². The topological polar surface area (TPSA) is 20.3 Å². The van der Waals surface area contributed by atoms with Crippen molar-refractivity contribution < 1.29 is 4.79 Å². The number of rotatable bonds is 3. The molecule has 0 aliphatic carbocycles. The SMILES string of the molecule is CC(C)Sc1ccccc1C(=O)N1CCCCC1C. The molecule has 0 radical (unpaired) electrons. The maximum atomic E-state index is 12.7. The van der Waals surface area contributed by atoms with E-state index < -0.39 is 0 Å². The summed E-state index contributed by atoms with van der Waals surface area (Å²) < 4.78 is 0. The van der Waals surface area contributed by atoms with E-state index in [-0.39, 0.29) is 5.91 Å². The highest BCUT2D eigenvalue weighted by atomic mass is 32.2. The van der Waals surface area contributed by atoms with Crippen LogP contribution in [0, 0.1) is 0 Å². The van der Waals surface area contributed by atoms with Crippen LogP contribution >= 0.6 is 11.8 Å². The summed E-state index contributed by atoms with van der Waals surface area (Å²) in [5, 5.41) is 0.493. The first-order valence-corrected chi connectivity index (χ1v) is 8.04. The zero-order valence-electron chi connectivity index (χ0n) is 12.1. The van der Waals surface area contributed by atoms with Crippen LogP contribution in [0.25, 0.3) is 0 Å². The second-order valence-corrected chi connectivity index (χ2v) is 7.12. The van der Waals surface area contributed by atoms with Crippen LogP contribution in [0.3, 0.4) is 0 Å². The highest BCUT2D eigenvalue weighted by Crippen LogP contribution is 2.29. The number of amides is 1. The normalized spacial score (nSPS) is 19.8. The first-order chi connectivity index (χ1) is 9.09. The maximum absolute atomic E-state index is 12.7. The smallest absolute Gasteiger partial charge is 0.255 e. The van der Waals surface area contributed by atoms with E-state index in [0.29, 0.717) is 11.3 Å². The van der Waals surface area contributed by atoms with Crippen LogP contribution in [0.5, 0.6) is 0 Å². The second kappa shape index (κ2) is 6.47. The lowest BCUT2D eigenvalue weighted by molar-refractivity contribution is 0.0632. The lowest BCUT2D eigenvalue weighted by Crippen LogP contribution is -2.42. The average Bonchev–Trinajstić information content (AvgIpc) is 2.38. The fourth-order valence-corrected chi connectivity index (χ4v) is 3.50. The van der Waals surface area contributed by atoms with Gasteiger partial charge in [0.05, 0.1) is 5.56 Å². The van der Waals surface area contributed by atoms with E-state index >= 15 is 0 Å². The quantitative estimate of drug-likeness (QED) is 0.772. The van der Waals surface area contributed by atoms with Gasteiger partial charge in [0.15, 0.2) is 0 Å². The summed E-state index contributed by atoms with van der Waals surface area (Å²) in [4.78, 5) is 15.9. The average molecular weight is 277 g/mol. The van der Waals surface area contributed by atoms with Crippen LogP contribution in [0.4, 0.5) is 0 Å². The molecule has 0 N–H and O–H groups in total. The van der Waals surface area contributed by atoms with Crippen LogP contribution in [0.15, 0.2) is 29.2 Å². The monoisotopic (exact) mass is 277 g/mol. The summed E-state index contributed by atoms with van der Waals surface area (Å²) in [6.45, 7) is 7.39. The minimum atomic E-state index is 0.205. The minimum Gasteiger partial charge on any atom is -0.336 e. The molecule has 1 aromatic carbocycles. The Kier molecular flexibility index (Phi) is 4.92. The first-order valence-electron chi connectivity index (χ1n) is 7.16. The molecule has 104 valence electrons. The molecule has 1 fully saturated rings. The standard InChI is InChI=1S/C16H23NOS/c1-12(2)19-15-10-5-4-9-14(15)16(18)17-11-7-6-8-13(17)3/h4-5,9-10,12-13H,6-8,11H2,1-3H3.